The quantitative estimate of drug-likeness (QED) is 0.346. The van der Waals surface area contributed by atoms with Crippen LogP contribution in [0, 0.1) is 0 Å². The van der Waals surface area contributed by atoms with Crippen LogP contribution in [0.2, 0.25) is 0 Å². The molecule has 0 bridgehead atoms. The van der Waals surface area contributed by atoms with Gasteiger partial charge in [-0.15, -0.1) is 24.0 Å². The summed E-state index contributed by atoms with van der Waals surface area (Å²) in [6, 6.07) is 0. The van der Waals surface area contributed by atoms with Crippen molar-refractivity contribution in [2.24, 2.45) is 4.99 Å². The van der Waals surface area contributed by atoms with Gasteiger partial charge in [0, 0.05) is 20.1 Å². The Balaban J connectivity index is 0. The summed E-state index contributed by atoms with van der Waals surface area (Å²) < 4.78 is 5.35. The molecule has 0 unspecified atom stereocenters. The molecule has 0 heterocycles. The van der Waals surface area contributed by atoms with Crippen LogP contribution in [0.3, 0.4) is 0 Å². The van der Waals surface area contributed by atoms with E-state index in [0.717, 1.165) is 25.3 Å². The summed E-state index contributed by atoms with van der Waals surface area (Å²) in [6.45, 7) is 13.1. The molecule has 0 aliphatic rings. The molecule has 0 aromatic rings. The van der Waals surface area contributed by atoms with Gasteiger partial charge in [-0.05, 0) is 40.5 Å². The van der Waals surface area contributed by atoms with Gasteiger partial charge in [0.05, 0.1) is 5.54 Å². The summed E-state index contributed by atoms with van der Waals surface area (Å²) in [4.78, 5) is 16.2. The normalized spacial score (nSPS) is 12.2. The number of guanidine groups is 1. The number of hydrogen-bond acceptors (Lipinski definition) is 3. The Bertz CT molecular complexity index is 350. The van der Waals surface area contributed by atoms with E-state index in [2.05, 4.69) is 34.8 Å². The minimum absolute atomic E-state index is 0. The minimum atomic E-state index is -0.495. The number of nitrogens with one attached hydrogen (secondary N) is 3. The van der Waals surface area contributed by atoms with E-state index in [0.29, 0.717) is 6.54 Å². The molecule has 0 rings (SSSR count). The molecule has 0 aromatic heterocycles. The molecule has 0 fully saturated rings. The van der Waals surface area contributed by atoms with E-state index in [1.54, 1.807) is 7.05 Å². The number of rotatable bonds is 6. The molecular formula is C15H33IN4O2. The maximum atomic E-state index is 12.0. The van der Waals surface area contributed by atoms with Crippen molar-refractivity contribution in [3.05, 3.63) is 0 Å². The third-order valence-corrected chi connectivity index (χ3v) is 3.28. The highest BCUT2D eigenvalue weighted by Gasteiger charge is 2.30. The predicted molar refractivity (Wildman–Crippen MR) is 103 cm³/mol. The number of amides is 1. The number of alkyl carbamates (subject to hydrolysis) is 1. The Morgan fingerprint density at radius 2 is 1.64 bits per heavy atom. The summed E-state index contributed by atoms with van der Waals surface area (Å²) in [5, 5.41) is 9.39. The molecule has 1 amide bonds. The summed E-state index contributed by atoms with van der Waals surface area (Å²) in [6.07, 6.45) is 1.23. The van der Waals surface area contributed by atoms with Crippen LogP contribution in [0.4, 0.5) is 4.79 Å². The van der Waals surface area contributed by atoms with E-state index >= 15 is 0 Å². The van der Waals surface area contributed by atoms with E-state index in [9.17, 15) is 4.79 Å². The third kappa shape index (κ3) is 9.32. The molecule has 0 aromatic carbocycles. The van der Waals surface area contributed by atoms with Crippen LogP contribution in [-0.2, 0) is 4.74 Å². The van der Waals surface area contributed by atoms with Crippen LogP contribution in [0.1, 0.15) is 54.4 Å². The fourth-order valence-corrected chi connectivity index (χ4v) is 1.88. The second-order valence-corrected chi connectivity index (χ2v) is 6.07. The molecule has 0 saturated heterocycles. The monoisotopic (exact) mass is 428 g/mol. The van der Waals surface area contributed by atoms with Crippen molar-refractivity contribution in [2.75, 3.05) is 20.1 Å². The van der Waals surface area contributed by atoms with E-state index in [4.69, 9.17) is 4.74 Å². The third-order valence-electron chi connectivity index (χ3n) is 3.28. The van der Waals surface area contributed by atoms with E-state index in [1.807, 2.05) is 27.7 Å². The number of ether oxygens (including phenoxy) is 1. The topological polar surface area (TPSA) is 74.8 Å². The van der Waals surface area contributed by atoms with Gasteiger partial charge in [-0.2, -0.15) is 0 Å². The first-order valence-corrected chi connectivity index (χ1v) is 7.67. The maximum Gasteiger partial charge on any atom is 0.408 e. The Morgan fingerprint density at radius 1 is 1.09 bits per heavy atom. The van der Waals surface area contributed by atoms with Gasteiger partial charge in [0.1, 0.15) is 5.60 Å². The van der Waals surface area contributed by atoms with Gasteiger partial charge >= 0.3 is 6.09 Å². The second-order valence-electron chi connectivity index (χ2n) is 6.07. The van der Waals surface area contributed by atoms with Crippen molar-refractivity contribution in [3.8, 4) is 0 Å². The SMILES string of the molecule is CCNC(=NC)NCC(CC)(CC)NC(=O)OC(C)(C)C.I. The van der Waals surface area contributed by atoms with Crippen LogP contribution in [-0.4, -0.2) is 43.3 Å². The Kier molecular flexibility index (Phi) is 11.7. The van der Waals surface area contributed by atoms with Crippen molar-refractivity contribution >= 4 is 36.0 Å². The molecule has 6 nitrogen and oxygen atoms in total. The summed E-state index contributed by atoms with van der Waals surface area (Å²) in [5.41, 5.74) is -0.849. The molecule has 132 valence electrons. The first-order chi connectivity index (χ1) is 9.71. The number of carbonyl (C=O) groups is 1. The fourth-order valence-electron chi connectivity index (χ4n) is 1.88. The number of nitrogens with zero attached hydrogens (tertiary/aromatic N) is 1. The highest BCUT2D eigenvalue weighted by atomic mass is 127. The van der Waals surface area contributed by atoms with Gasteiger partial charge in [-0.1, -0.05) is 13.8 Å². The van der Waals surface area contributed by atoms with Crippen molar-refractivity contribution < 1.29 is 9.53 Å². The second kappa shape index (κ2) is 10.9. The number of aliphatic imine (C=N–C) groups is 1. The first-order valence-electron chi connectivity index (χ1n) is 7.67. The Labute approximate surface area is 152 Å². The van der Waals surface area contributed by atoms with Crippen molar-refractivity contribution in [2.45, 2.75) is 65.5 Å². The van der Waals surface area contributed by atoms with Gasteiger partial charge in [0.2, 0.25) is 0 Å². The fraction of sp³-hybridized carbons (Fsp3) is 0.867. The molecule has 22 heavy (non-hydrogen) atoms. The zero-order chi connectivity index (χ0) is 16.5. The maximum absolute atomic E-state index is 12.0. The van der Waals surface area contributed by atoms with Gasteiger partial charge in [0.25, 0.3) is 0 Å². The van der Waals surface area contributed by atoms with Crippen LogP contribution in [0.5, 0.6) is 0 Å². The largest absolute Gasteiger partial charge is 0.444 e. The number of carbonyl (C=O) groups excluding carboxylic acids is 1. The highest BCUT2D eigenvalue weighted by Crippen LogP contribution is 2.16. The van der Waals surface area contributed by atoms with E-state index in [-0.39, 0.29) is 35.6 Å². The standard InChI is InChI=1S/C15H32N4O2.HI/c1-8-15(9-2,11-18-12(16-7)17-10-3)19-13(20)21-14(4,5)6;/h8-11H2,1-7H3,(H,19,20)(H2,16,17,18);1H. The van der Waals surface area contributed by atoms with Gasteiger partial charge in [-0.3, -0.25) is 4.99 Å². The molecule has 3 N–H and O–H groups in total. The van der Waals surface area contributed by atoms with Crippen molar-refractivity contribution in [1.82, 2.24) is 16.0 Å². The average Bonchev–Trinajstić information content (AvgIpc) is 2.39. The van der Waals surface area contributed by atoms with Gasteiger partial charge in [0.15, 0.2) is 5.96 Å². The molecule has 0 aliphatic carbocycles. The number of hydrogen-bond donors (Lipinski definition) is 3. The lowest BCUT2D eigenvalue weighted by Crippen LogP contribution is -2.57. The van der Waals surface area contributed by atoms with Crippen LogP contribution in [0.25, 0.3) is 0 Å². The lowest BCUT2D eigenvalue weighted by atomic mass is 9.93. The van der Waals surface area contributed by atoms with Gasteiger partial charge in [-0.25, -0.2) is 4.79 Å². The molecule has 0 atom stereocenters. The molecule has 0 aliphatic heterocycles. The van der Waals surface area contributed by atoms with Crippen LogP contribution < -0.4 is 16.0 Å². The summed E-state index contributed by atoms with van der Waals surface area (Å²) in [7, 11) is 1.73. The Hall–Kier alpha value is -0.730. The van der Waals surface area contributed by atoms with Crippen molar-refractivity contribution in [3.63, 3.8) is 0 Å². The zero-order valence-corrected chi connectivity index (χ0v) is 17.3. The molecule has 7 heteroatoms. The molecular weight excluding hydrogens is 395 g/mol. The van der Waals surface area contributed by atoms with E-state index < -0.39 is 5.60 Å². The van der Waals surface area contributed by atoms with Gasteiger partial charge < -0.3 is 20.7 Å². The number of halogens is 1. The van der Waals surface area contributed by atoms with E-state index in [1.165, 1.54) is 0 Å². The zero-order valence-electron chi connectivity index (χ0n) is 15.0. The molecule has 0 spiro atoms. The van der Waals surface area contributed by atoms with Crippen LogP contribution >= 0.6 is 24.0 Å². The minimum Gasteiger partial charge on any atom is -0.444 e. The Morgan fingerprint density at radius 3 is 2.00 bits per heavy atom. The lowest BCUT2D eigenvalue weighted by Gasteiger charge is -2.34. The smallest absolute Gasteiger partial charge is 0.408 e. The predicted octanol–water partition coefficient (Wildman–Crippen LogP) is 2.87. The summed E-state index contributed by atoms with van der Waals surface area (Å²) in [5.74, 6) is 0.731. The molecule has 0 radical (unpaired) electrons. The molecule has 0 saturated carbocycles. The first kappa shape index (κ1) is 23.5. The average molecular weight is 428 g/mol. The van der Waals surface area contributed by atoms with Crippen molar-refractivity contribution in [1.29, 1.82) is 0 Å². The highest BCUT2D eigenvalue weighted by molar-refractivity contribution is 14.0. The summed E-state index contributed by atoms with van der Waals surface area (Å²) >= 11 is 0. The van der Waals surface area contributed by atoms with Crippen LogP contribution in [0.15, 0.2) is 4.99 Å². The lowest BCUT2D eigenvalue weighted by molar-refractivity contribution is 0.0448.